The van der Waals surface area contributed by atoms with Crippen LogP contribution in [0.4, 0.5) is 5.82 Å². The lowest BCUT2D eigenvalue weighted by Crippen LogP contribution is -2.00. The predicted octanol–water partition coefficient (Wildman–Crippen LogP) is 4.59. The second-order valence-electron chi connectivity index (χ2n) is 6.70. The maximum absolute atomic E-state index is 5.63. The van der Waals surface area contributed by atoms with Crippen molar-refractivity contribution in [3.05, 3.63) is 53.9 Å². The van der Waals surface area contributed by atoms with E-state index >= 15 is 0 Å². The first-order chi connectivity index (χ1) is 15.7. The van der Waals surface area contributed by atoms with Gasteiger partial charge >= 0.3 is 0 Å². The zero-order valence-corrected chi connectivity index (χ0v) is 18.9. The summed E-state index contributed by atoms with van der Waals surface area (Å²) in [4.78, 5) is 0.766. The van der Waals surface area contributed by atoms with Crippen LogP contribution in [-0.4, -0.2) is 36.3 Å². The van der Waals surface area contributed by atoms with Crippen LogP contribution >= 0.6 is 11.9 Å². The second kappa shape index (κ2) is 9.58. The van der Waals surface area contributed by atoms with Gasteiger partial charge in [0.2, 0.25) is 0 Å². The number of nitrogens with zero attached hydrogens (tertiary/aromatic N) is 3. The number of aromatic nitrogens is 3. The van der Waals surface area contributed by atoms with Crippen molar-refractivity contribution in [2.45, 2.75) is 18.4 Å². The highest BCUT2D eigenvalue weighted by molar-refractivity contribution is 8.00. The Morgan fingerprint density at radius 3 is 2.44 bits per heavy atom. The standard InChI is InChI=1S/C23H22N4O4S/c1-5-7-15-10-19(29-3)22(20(11-15)30-4)32-26-23-21-17(28-2)12-16(13-18(21)31-25-23)14-27-9-6-8-24-27/h6,8-13H,14H2,1-4H3,(H,25,26). The number of hydrogen-bond donors (Lipinski definition) is 1. The molecule has 0 unspecified atom stereocenters. The van der Waals surface area contributed by atoms with Crippen molar-refractivity contribution in [3.8, 4) is 29.1 Å². The Kier molecular flexibility index (Phi) is 6.42. The zero-order valence-electron chi connectivity index (χ0n) is 18.1. The van der Waals surface area contributed by atoms with E-state index in [1.54, 1.807) is 34.4 Å². The number of methoxy groups -OCH3 is 3. The van der Waals surface area contributed by atoms with E-state index < -0.39 is 0 Å². The predicted molar refractivity (Wildman–Crippen MR) is 123 cm³/mol. The summed E-state index contributed by atoms with van der Waals surface area (Å²) in [5, 5.41) is 9.20. The average molecular weight is 451 g/mol. The third-order valence-electron chi connectivity index (χ3n) is 4.70. The van der Waals surface area contributed by atoms with Gasteiger partial charge in [0.15, 0.2) is 11.4 Å². The first-order valence-electron chi connectivity index (χ1n) is 9.72. The molecular weight excluding hydrogens is 428 g/mol. The van der Waals surface area contributed by atoms with Gasteiger partial charge in [0, 0.05) is 18.0 Å². The fourth-order valence-corrected chi connectivity index (χ4v) is 4.11. The Morgan fingerprint density at radius 1 is 1.06 bits per heavy atom. The third kappa shape index (κ3) is 4.31. The smallest absolute Gasteiger partial charge is 0.191 e. The maximum atomic E-state index is 5.63. The lowest BCUT2D eigenvalue weighted by molar-refractivity contribution is 0.376. The number of nitrogens with one attached hydrogen (secondary N) is 1. The van der Waals surface area contributed by atoms with Crippen LogP contribution in [-0.2, 0) is 6.54 Å². The van der Waals surface area contributed by atoms with E-state index in [2.05, 4.69) is 26.8 Å². The fourth-order valence-electron chi connectivity index (χ4n) is 3.29. The molecule has 2 aromatic heterocycles. The molecule has 0 aliphatic carbocycles. The Morgan fingerprint density at radius 2 is 1.81 bits per heavy atom. The van der Waals surface area contributed by atoms with Crippen LogP contribution < -0.4 is 18.9 Å². The molecule has 2 heterocycles. The molecule has 0 spiro atoms. The molecule has 32 heavy (non-hydrogen) atoms. The molecule has 8 nitrogen and oxygen atoms in total. The molecule has 0 bridgehead atoms. The summed E-state index contributed by atoms with van der Waals surface area (Å²) >= 11 is 1.31. The van der Waals surface area contributed by atoms with Crippen LogP contribution in [0.2, 0.25) is 0 Å². The Bertz CT molecular complexity index is 1260. The summed E-state index contributed by atoms with van der Waals surface area (Å²) in [5.41, 5.74) is 2.41. The molecule has 164 valence electrons. The molecule has 0 aliphatic rings. The number of anilines is 1. The highest BCUT2D eigenvalue weighted by Gasteiger charge is 2.19. The van der Waals surface area contributed by atoms with Gasteiger partial charge in [-0.15, -0.1) is 5.92 Å². The summed E-state index contributed by atoms with van der Waals surface area (Å²) in [7, 11) is 4.84. The van der Waals surface area contributed by atoms with Crippen LogP contribution in [0.1, 0.15) is 18.1 Å². The molecule has 0 saturated carbocycles. The molecule has 0 aliphatic heterocycles. The topological polar surface area (TPSA) is 83.6 Å². The van der Waals surface area contributed by atoms with Crippen molar-refractivity contribution in [2.75, 3.05) is 26.1 Å². The minimum Gasteiger partial charge on any atom is -0.496 e. The molecule has 1 N–H and O–H groups in total. The van der Waals surface area contributed by atoms with Gasteiger partial charge in [-0.05, 0) is 54.8 Å². The normalized spacial score (nSPS) is 10.5. The minimum atomic E-state index is 0.536. The molecule has 4 rings (SSSR count). The van der Waals surface area contributed by atoms with Gasteiger partial charge in [-0.1, -0.05) is 11.1 Å². The van der Waals surface area contributed by atoms with Crippen molar-refractivity contribution < 1.29 is 18.7 Å². The van der Waals surface area contributed by atoms with Crippen molar-refractivity contribution in [1.82, 2.24) is 14.9 Å². The highest BCUT2D eigenvalue weighted by Crippen LogP contribution is 2.41. The summed E-state index contributed by atoms with van der Waals surface area (Å²) in [6.45, 7) is 2.38. The van der Waals surface area contributed by atoms with Gasteiger partial charge in [-0.2, -0.15) is 5.10 Å². The van der Waals surface area contributed by atoms with Crippen molar-refractivity contribution in [2.24, 2.45) is 0 Å². The van der Waals surface area contributed by atoms with E-state index in [4.69, 9.17) is 18.7 Å². The Labute approximate surface area is 190 Å². The van der Waals surface area contributed by atoms with Crippen LogP contribution in [0.15, 0.2) is 52.1 Å². The molecule has 0 saturated heterocycles. The van der Waals surface area contributed by atoms with E-state index in [0.717, 1.165) is 21.4 Å². The monoisotopic (exact) mass is 450 g/mol. The van der Waals surface area contributed by atoms with Crippen molar-refractivity contribution >= 4 is 28.7 Å². The van der Waals surface area contributed by atoms with Crippen LogP contribution in [0.5, 0.6) is 17.2 Å². The summed E-state index contributed by atoms with van der Waals surface area (Å²) in [6.07, 6.45) is 3.65. The van der Waals surface area contributed by atoms with E-state index in [1.807, 2.05) is 41.2 Å². The van der Waals surface area contributed by atoms with Crippen LogP contribution in [0.3, 0.4) is 0 Å². The first-order valence-corrected chi connectivity index (χ1v) is 10.5. The van der Waals surface area contributed by atoms with Crippen molar-refractivity contribution in [1.29, 1.82) is 0 Å². The quantitative estimate of drug-likeness (QED) is 0.308. The number of ether oxygens (including phenoxy) is 3. The molecular formula is C23H22N4O4S. The number of benzene rings is 2. The molecule has 0 fully saturated rings. The van der Waals surface area contributed by atoms with E-state index in [-0.39, 0.29) is 0 Å². The molecule has 0 radical (unpaired) electrons. The SMILES string of the molecule is CC#Cc1cc(OC)c(SNc2noc3cc(Cn4cccn4)cc(OC)c23)c(OC)c1. The van der Waals surface area contributed by atoms with Gasteiger partial charge in [0.25, 0.3) is 0 Å². The Balaban J connectivity index is 1.64. The first kappa shape index (κ1) is 21.5. The van der Waals surface area contributed by atoms with Gasteiger partial charge in [-0.25, -0.2) is 0 Å². The third-order valence-corrected chi connectivity index (χ3v) is 5.60. The van der Waals surface area contributed by atoms with Gasteiger partial charge in [0.1, 0.15) is 27.5 Å². The van der Waals surface area contributed by atoms with Gasteiger partial charge in [-0.3, -0.25) is 4.68 Å². The van der Waals surface area contributed by atoms with E-state index in [0.29, 0.717) is 35.2 Å². The maximum Gasteiger partial charge on any atom is 0.191 e. The number of fused-ring (bicyclic) bond motifs is 1. The Hall–Kier alpha value is -3.77. The molecule has 2 aromatic carbocycles. The number of hydrogen-bond acceptors (Lipinski definition) is 8. The lowest BCUT2D eigenvalue weighted by atomic mass is 10.1. The minimum absolute atomic E-state index is 0.536. The number of rotatable bonds is 8. The van der Waals surface area contributed by atoms with Gasteiger partial charge < -0.3 is 23.5 Å². The zero-order chi connectivity index (χ0) is 22.5. The van der Waals surface area contributed by atoms with Crippen molar-refractivity contribution in [3.63, 3.8) is 0 Å². The van der Waals surface area contributed by atoms with Gasteiger partial charge in [0.05, 0.1) is 27.9 Å². The second-order valence-corrected chi connectivity index (χ2v) is 7.51. The van der Waals surface area contributed by atoms with E-state index in [1.165, 1.54) is 11.9 Å². The summed E-state index contributed by atoms with van der Waals surface area (Å²) in [5.74, 6) is 8.38. The fraction of sp³-hybridized carbons (Fsp3) is 0.217. The summed E-state index contributed by atoms with van der Waals surface area (Å²) in [6, 6.07) is 9.50. The van der Waals surface area contributed by atoms with Crippen LogP contribution in [0, 0.1) is 11.8 Å². The van der Waals surface area contributed by atoms with E-state index in [9.17, 15) is 0 Å². The molecule has 0 amide bonds. The molecule has 0 atom stereocenters. The lowest BCUT2D eigenvalue weighted by Gasteiger charge is -2.13. The summed E-state index contributed by atoms with van der Waals surface area (Å²) < 4.78 is 27.4. The average Bonchev–Trinajstić information content (AvgIpc) is 3.47. The molecule has 4 aromatic rings. The molecule has 9 heteroatoms. The highest BCUT2D eigenvalue weighted by atomic mass is 32.2. The largest absolute Gasteiger partial charge is 0.496 e. The van der Waals surface area contributed by atoms with Crippen LogP contribution in [0.25, 0.3) is 11.0 Å².